The van der Waals surface area contributed by atoms with Crippen LogP contribution in [0.2, 0.25) is 0 Å². The van der Waals surface area contributed by atoms with Crippen molar-refractivity contribution in [3.05, 3.63) is 108 Å². The number of aromatic amines is 1. The number of anilines is 1. The highest BCUT2D eigenvalue weighted by molar-refractivity contribution is 5.98. The fourth-order valence-corrected chi connectivity index (χ4v) is 4.14. The van der Waals surface area contributed by atoms with Gasteiger partial charge in [0.1, 0.15) is 5.82 Å². The van der Waals surface area contributed by atoms with Gasteiger partial charge in [0.15, 0.2) is 5.78 Å². The number of nitrogens with zero attached hydrogens (tertiary/aromatic N) is 3. The van der Waals surface area contributed by atoms with Crippen molar-refractivity contribution in [3.8, 4) is 11.4 Å². The number of fused-ring (bicyclic) bond motifs is 1. The van der Waals surface area contributed by atoms with Crippen molar-refractivity contribution in [3.63, 3.8) is 0 Å². The van der Waals surface area contributed by atoms with E-state index in [0.717, 1.165) is 28.0 Å². The average molecular weight is 520 g/mol. The summed E-state index contributed by atoms with van der Waals surface area (Å²) in [4.78, 5) is 28.2. The Bertz CT molecular complexity index is 1520. The molecule has 2 aromatic carbocycles. The second-order valence-electron chi connectivity index (χ2n) is 11.8. The molecule has 0 aliphatic carbocycles. The number of pyridine rings is 2. The number of benzene rings is 2. The monoisotopic (exact) mass is 519 g/mol. The number of H-pyrrole nitrogens is 1. The lowest BCUT2D eigenvalue weighted by Crippen LogP contribution is -2.12. The van der Waals surface area contributed by atoms with Crippen molar-refractivity contribution in [2.24, 2.45) is 0 Å². The maximum Gasteiger partial charge on any atom is 0.167 e. The number of nitrogens with one attached hydrogen (secondary N) is 1. The highest BCUT2D eigenvalue weighted by atomic mass is 16.1. The van der Waals surface area contributed by atoms with E-state index in [4.69, 9.17) is 5.73 Å². The fraction of sp³-hybridized carbons (Fsp3) is 0.273. The van der Waals surface area contributed by atoms with Crippen molar-refractivity contribution >= 4 is 22.5 Å². The van der Waals surface area contributed by atoms with Crippen LogP contribution in [0.4, 0.5) is 5.69 Å². The van der Waals surface area contributed by atoms with E-state index in [1.165, 1.54) is 11.1 Å². The quantitative estimate of drug-likeness (QED) is 0.243. The molecule has 0 spiro atoms. The second-order valence-corrected chi connectivity index (χ2v) is 11.8. The number of nitrogens with two attached hydrogens (primary N) is 1. The van der Waals surface area contributed by atoms with Gasteiger partial charge in [-0.25, -0.2) is 4.98 Å². The van der Waals surface area contributed by atoms with E-state index in [-0.39, 0.29) is 23.0 Å². The van der Waals surface area contributed by atoms with Crippen LogP contribution >= 0.6 is 0 Å². The standard InChI is InChI=1S/C17H20N2O.C16H17N3/c1-17(2,3)14-6-4-12(5-7-14)16(20)10-13-11-19-9-8-15(13)18;1-16(2,3)12-6-4-11(5-7-12)15-18-13-8-9-17-10-14(13)19-15/h4-9,11H,10H2,1-3H3,(H2,18,19);4-10H,1-3H3,(H,18,19). The Hall–Kier alpha value is -4.32. The predicted molar refractivity (Wildman–Crippen MR) is 160 cm³/mol. The summed E-state index contributed by atoms with van der Waals surface area (Å²) < 4.78 is 0. The molecule has 5 rings (SSSR count). The first-order valence-corrected chi connectivity index (χ1v) is 13.1. The van der Waals surface area contributed by atoms with Gasteiger partial charge in [-0.2, -0.15) is 0 Å². The number of aromatic nitrogens is 4. The van der Waals surface area contributed by atoms with E-state index < -0.39 is 0 Å². The third-order valence-electron chi connectivity index (χ3n) is 6.67. The molecule has 0 radical (unpaired) electrons. The smallest absolute Gasteiger partial charge is 0.167 e. The lowest BCUT2D eigenvalue weighted by Gasteiger charge is -2.19. The zero-order chi connectivity index (χ0) is 28.2. The number of ketones is 1. The summed E-state index contributed by atoms with van der Waals surface area (Å²) in [7, 11) is 0. The van der Waals surface area contributed by atoms with Gasteiger partial charge in [-0.3, -0.25) is 14.8 Å². The topological polar surface area (TPSA) is 97.5 Å². The molecule has 3 heterocycles. The van der Waals surface area contributed by atoms with Gasteiger partial charge in [0, 0.05) is 47.4 Å². The molecule has 0 saturated heterocycles. The number of hydrogen-bond donors (Lipinski definition) is 2. The first-order valence-electron chi connectivity index (χ1n) is 13.1. The van der Waals surface area contributed by atoms with Crippen molar-refractivity contribution in [1.29, 1.82) is 0 Å². The summed E-state index contributed by atoms with van der Waals surface area (Å²) in [5, 5.41) is 0. The first kappa shape index (κ1) is 27.7. The van der Waals surface area contributed by atoms with Crippen LogP contribution in [0.5, 0.6) is 0 Å². The van der Waals surface area contributed by atoms with Crippen LogP contribution in [-0.4, -0.2) is 25.7 Å². The van der Waals surface area contributed by atoms with E-state index in [1.807, 2.05) is 30.3 Å². The summed E-state index contributed by atoms with van der Waals surface area (Å²) in [5.74, 6) is 0.952. The van der Waals surface area contributed by atoms with Gasteiger partial charge < -0.3 is 10.7 Å². The van der Waals surface area contributed by atoms with Crippen molar-refractivity contribution in [1.82, 2.24) is 19.9 Å². The van der Waals surface area contributed by atoms with E-state index in [2.05, 4.69) is 85.7 Å². The third kappa shape index (κ3) is 6.96. The summed E-state index contributed by atoms with van der Waals surface area (Å²) in [6.45, 7) is 13.1. The molecule has 0 aliphatic rings. The first-order chi connectivity index (χ1) is 18.4. The van der Waals surface area contributed by atoms with Gasteiger partial charge in [0.2, 0.25) is 0 Å². The molecule has 0 amide bonds. The minimum Gasteiger partial charge on any atom is -0.398 e. The zero-order valence-electron chi connectivity index (χ0n) is 23.6. The molecule has 3 aromatic heterocycles. The molecule has 6 nitrogen and oxygen atoms in total. The molecule has 0 bridgehead atoms. The highest BCUT2D eigenvalue weighted by Gasteiger charge is 2.15. The van der Waals surface area contributed by atoms with Crippen LogP contribution in [0, 0.1) is 0 Å². The van der Waals surface area contributed by atoms with Crippen molar-refractivity contribution in [2.75, 3.05) is 5.73 Å². The normalized spacial score (nSPS) is 11.6. The number of carbonyl (C=O) groups excluding carboxylic acids is 1. The van der Waals surface area contributed by atoms with E-state index >= 15 is 0 Å². The van der Waals surface area contributed by atoms with E-state index in [9.17, 15) is 4.79 Å². The number of imidazole rings is 1. The van der Waals surface area contributed by atoms with Crippen LogP contribution in [0.15, 0.2) is 85.5 Å². The Morgan fingerprint density at radius 3 is 1.90 bits per heavy atom. The van der Waals surface area contributed by atoms with Crippen LogP contribution in [0.1, 0.15) is 68.6 Å². The maximum absolute atomic E-state index is 12.2. The largest absolute Gasteiger partial charge is 0.398 e. The lowest BCUT2D eigenvalue weighted by molar-refractivity contribution is 0.0993. The van der Waals surface area contributed by atoms with E-state index in [1.54, 1.807) is 30.9 Å². The Kier molecular flexibility index (Phi) is 7.95. The summed E-state index contributed by atoms with van der Waals surface area (Å²) in [5.41, 5.74) is 13.8. The molecule has 0 atom stereocenters. The van der Waals surface area contributed by atoms with Gasteiger partial charge in [-0.1, -0.05) is 90.1 Å². The average Bonchev–Trinajstić information content (AvgIpc) is 3.34. The predicted octanol–water partition coefficient (Wildman–Crippen LogP) is 7.31. The number of hydrogen-bond acceptors (Lipinski definition) is 5. The highest BCUT2D eigenvalue weighted by Crippen LogP contribution is 2.26. The zero-order valence-corrected chi connectivity index (χ0v) is 23.6. The Morgan fingerprint density at radius 1 is 0.769 bits per heavy atom. The number of nitrogen functional groups attached to an aromatic ring is 1. The van der Waals surface area contributed by atoms with Crippen LogP contribution in [0.3, 0.4) is 0 Å². The molecular weight excluding hydrogens is 482 g/mol. The third-order valence-corrected chi connectivity index (χ3v) is 6.67. The van der Waals surface area contributed by atoms with Gasteiger partial charge >= 0.3 is 0 Å². The maximum atomic E-state index is 12.2. The van der Waals surface area contributed by atoms with Crippen LogP contribution in [-0.2, 0) is 17.3 Å². The number of carbonyl (C=O) groups is 1. The summed E-state index contributed by atoms with van der Waals surface area (Å²) in [6.07, 6.45) is 7.12. The van der Waals surface area contributed by atoms with Crippen LogP contribution in [0.25, 0.3) is 22.4 Å². The Morgan fingerprint density at radius 2 is 1.33 bits per heavy atom. The SMILES string of the molecule is CC(C)(C)c1ccc(-c2nc3ccncc3[nH]2)cc1.CC(C)(C)c1ccc(C(=O)Cc2cnccc2N)cc1. The number of Topliss-reactive ketones (excluding diaryl/α,β-unsaturated/α-hetero) is 1. The molecular formula is C33H37N5O. The molecule has 0 saturated carbocycles. The molecule has 6 heteroatoms. The molecule has 0 fully saturated rings. The summed E-state index contributed by atoms with van der Waals surface area (Å²) in [6, 6.07) is 20.0. The minimum absolute atomic E-state index is 0.0603. The molecule has 39 heavy (non-hydrogen) atoms. The fourth-order valence-electron chi connectivity index (χ4n) is 4.14. The lowest BCUT2D eigenvalue weighted by atomic mass is 9.86. The van der Waals surface area contributed by atoms with Gasteiger partial charge in [0.05, 0.1) is 17.2 Å². The molecule has 200 valence electrons. The van der Waals surface area contributed by atoms with Crippen molar-refractivity contribution < 1.29 is 4.79 Å². The molecule has 3 N–H and O–H groups in total. The number of rotatable bonds is 4. The molecule has 5 aromatic rings. The minimum atomic E-state index is 0.0603. The Labute approximate surface area is 230 Å². The van der Waals surface area contributed by atoms with Gasteiger partial charge in [-0.05, 0) is 34.1 Å². The summed E-state index contributed by atoms with van der Waals surface area (Å²) >= 11 is 0. The molecule has 0 aliphatic heterocycles. The van der Waals surface area contributed by atoms with Gasteiger partial charge in [-0.15, -0.1) is 0 Å². The second kappa shape index (κ2) is 11.2. The van der Waals surface area contributed by atoms with Gasteiger partial charge in [0.25, 0.3) is 0 Å². The molecule has 0 unspecified atom stereocenters. The van der Waals surface area contributed by atoms with Crippen LogP contribution < -0.4 is 5.73 Å². The van der Waals surface area contributed by atoms with Crippen molar-refractivity contribution in [2.45, 2.75) is 58.8 Å². The van der Waals surface area contributed by atoms with E-state index in [0.29, 0.717) is 11.3 Å². The Balaban J connectivity index is 0.000000181.